The third kappa shape index (κ3) is 4.26. The van der Waals surface area contributed by atoms with Crippen LogP contribution in [0, 0.1) is 0 Å². The third-order valence-corrected chi connectivity index (χ3v) is 6.16. The summed E-state index contributed by atoms with van der Waals surface area (Å²) in [6, 6.07) is 14.1. The molecule has 0 bridgehead atoms. The number of benzene rings is 2. The largest absolute Gasteiger partial charge is 0.369 e. The van der Waals surface area contributed by atoms with Gasteiger partial charge in [-0.05, 0) is 48.5 Å². The molecular weight excluding hydrogens is 428 g/mol. The smallest absolute Gasteiger partial charge is 0.277 e. The highest BCUT2D eigenvalue weighted by Gasteiger charge is 2.39. The molecule has 0 atom stereocenters. The Hall–Kier alpha value is -3.16. The van der Waals surface area contributed by atoms with E-state index in [1.165, 1.54) is 6.92 Å². The highest BCUT2D eigenvalue weighted by atomic mass is 35.5. The molecule has 0 spiro atoms. The SMILES string of the molecule is CCN1CCN(c2ccc(N3C(=O)C(Cl)=C(c4ccc(NC(C)=O)cc4)C3=O)cc2)CC1. The molecule has 0 saturated carbocycles. The van der Waals surface area contributed by atoms with Crippen molar-refractivity contribution in [3.05, 3.63) is 59.1 Å². The van der Waals surface area contributed by atoms with Crippen molar-refractivity contribution >= 4 is 52.0 Å². The Balaban J connectivity index is 1.51. The van der Waals surface area contributed by atoms with Crippen LogP contribution in [0.25, 0.3) is 5.57 Å². The average molecular weight is 453 g/mol. The van der Waals surface area contributed by atoms with Crippen LogP contribution >= 0.6 is 11.6 Å². The maximum absolute atomic E-state index is 13.1. The maximum Gasteiger partial charge on any atom is 0.277 e. The van der Waals surface area contributed by atoms with Crippen LogP contribution < -0.4 is 15.1 Å². The summed E-state index contributed by atoms with van der Waals surface area (Å²) in [6.45, 7) is 8.57. The number of carbonyl (C=O) groups excluding carboxylic acids is 3. The van der Waals surface area contributed by atoms with Crippen LogP contribution in [0.3, 0.4) is 0 Å². The van der Waals surface area contributed by atoms with Gasteiger partial charge in [-0.1, -0.05) is 30.7 Å². The van der Waals surface area contributed by atoms with Gasteiger partial charge in [0, 0.05) is 44.5 Å². The molecule has 2 aliphatic rings. The molecule has 2 aromatic carbocycles. The van der Waals surface area contributed by atoms with Crippen LogP contribution in [-0.2, 0) is 14.4 Å². The van der Waals surface area contributed by atoms with Crippen molar-refractivity contribution in [2.24, 2.45) is 0 Å². The first-order chi connectivity index (χ1) is 15.4. The monoisotopic (exact) mass is 452 g/mol. The minimum absolute atomic E-state index is 0.109. The Labute approximate surface area is 192 Å². The molecule has 2 aromatic rings. The molecule has 2 heterocycles. The Morgan fingerprint density at radius 3 is 2.06 bits per heavy atom. The number of hydrogen-bond donors (Lipinski definition) is 1. The average Bonchev–Trinajstić information content (AvgIpc) is 3.02. The van der Waals surface area contributed by atoms with Gasteiger partial charge in [-0.3, -0.25) is 14.4 Å². The Morgan fingerprint density at radius 1 is 0.906 bits per heavy atom. The molecule has 1 N–H and O–H groups in total. The number of piperazine rings is 1. The fourth-order valence-corrected chi connectivity index (χ4v) is 4.32. The van der Waals surface area contributed by atoms with E-state index in [-0.39, 0.29) is 16.5 Å². The molecule has 0 aliphatic carbocycles. The first kappa shape index (κ1) is 22.0. The predicted octanol–water partition coefficient (Wildman–Crippen LogP) is 3.31. The fraction of sp³-hybridized carbons (Fsp3) is 0.292. The zero-order valence-electron chi connectivity index (χ0n) is 18.1. The molecule has 0 aromatic heterocycles. The van der Waals surface area contributed by atoms with Crippen LogP contribution in [0.1, 0.15) is 19.4 Å². The van der Waals surface area contributed by atoms with Crippen molar-refractivity contribution in [3.8, 4) is 0 Å². The summed E-state index contributed by atoms with van der Waals surface area (Å²) in [6.07, 6.45) is 0. The summed E-state index contributed by atoms with van der Waals surface area (Å²) < 4.78 is 0. The van der Waals surface area contributed by atoms with Gasteiger partial charge in [0.1, 0.15) is 5.03 Å². The summed E-state index contributed by atoms with van der Waals surface area (Å²) in [5.41, 5.74) is 2.83. The van der Waals surface area contributed by atoms with Crippen LogP contribution in [0.15, 0.2) is 53.6 Å². The third-order valence-electron chi connectivity index (χ3n) is 5.81. The Kier molecular flexibility index (Phi) is 6.30. The minimum atomic E-state index is -0.540. The number of hydrogen-bond acceptors (Lipinski definition) is 5. The zero-order chi connectivity index (χ0) is 22.8. The first-order valence-corrected chi connectivity index (χ1v) is 11.0. The number of halogens is 1. The molecule has 2 aliphatic heterocycles. The van der Waals surface area contributed by atoms with Gasteiger partial charge < -0.3 is 15.1 Å². The quantitative estimate of drug-likeness (QED) is 0.704. The van der Waals surface area contributed by atoms with Gasteiger partial charge in [-0.2, -0.15) is 0 Å². The molecule has 7 nitrogen and oxygen atoms in total. The lowest BCUT2D eigenvalue weighted by molar-refractivity contribution is -0.120. The molecule has 8 heteroatoms. The van der Waals surface area contributed by atoms with E-state index < -0.39 is 11.8 Å². The second-order valence-corrected chi connectivity index (χ2v) is 8.21. The number of carbonyl (C=O) groups is 3. The van der Waals surface area contributed by atoms with Crippen molar-refractivity contribution in [1.29, 1.82) is 0 Å². The van der Waals surface area contributed by atoms with E-state index in [9.17, 15) is 14.4 Å². The van der Waals surface area contributed by atoms with E-state index in [4.69, 9.17) is 11.6 Å². The minimum Gasteiger partial charge on any atom is -0.369 e. The van der Waals surface area contributed by atoms with Crippen LogP contribution in [0.2, 0.25) is 0 Å². The molecule has 1 saturated heterocycles. The summed E-state index contributed by atoms with van der Waals surface area (Å²) in [5.74, 6) is -1.19. The number of imide groups is 1. The van der Waals surface area contributed by atoms with Crippen LogP contribution in [-0.4, -0.2) is 55.3 Å². The standard InChI is InChI=1S/C24H25ClN4O3/c1-3-27-12-14-28(15-13-27)19-8-10-20(11-9-19)29-23(31)21(22(25)24(29)32)17-4-6-18(7-5-17)26-16(2)30/h4-11H,3,12-15H2,1-2H3,(H,26,30). The Bertz CT molecular complexity index is 1070. The second-order valence-electron chi connectivity index (χ2n) is 7.83. The number of nitrogens with one attached hydrogen (secondary N) is 1. The van der Waals surface area contributed by atoms with Crippen molar-refractivity contribution in [3.63, 3.8) is 0 Å². The summed E-state index contributed by atoms with van der Waals surface area (Å²) in [5, 5.41) is 2.56. The van der Waals surface area contributed by atoms with Crippen molar-refractivity contribution in [1.82, 2.24) is 4.90 Å². The molecule has 32 heavy (non-hydrogen) atoms. The van der Waals surface area contributed by atoms with Gasteiger partial charge in [0.15, 0.2) is 0 Å². The van der Waals surface area contributed by atoms with Crippen LogP contribution in [0.4, 0.5) is 17.1 Å². The van der Waals surface area contributed by atoms with Gasteiger partial charge in [0.2, 0.25) is 5.91 Å². The van der Waals surface area contributed by atoms with Gasteiger partial charge >= 0.3 is 0 Å². The second kappa shape index (κ2) is 9.14. The Morgan fingerprint density at radius 2 is 1.50 bits per heavy atom. The predicted molar refractivity (Wildman–Crippen MR) is 127 cm³/mol. The van der Waals surface area contributed by atoms with E-state index in [1.807, 2.05) is 12.1 Å². The molecule has 1 fully saturated rings. The molecule has 0 radical (unpaired) electrons. The zero-order valence-corrected chi connectivity index (χ0v) is 18.9. The molecular formula is C24H25ClN4O3. The number of nitrogens with zero attached hydrogens (tertiary/aromatic N) is 3. The number of rotatable bonds is 5. The van der Waals surface area contributed by atoms with E-state index >= 15 is 0 Å². The lowest BCUT2D eigenvalue weighted by Gasteiger charge is -2.35. The van der Waals surface area contributed by atoms with Crippen molar-refractivity contribution in [2.75, 3.05) is 47.8 Å². The number of anilines is 3. The maximum atomic E-state index is 13.1. The number of likely N-dealkylation sites (N-methyl/N-ethyl adjacent to an activating group) is 1. The van der Waals surface area contributed by atoms with Gasteiger partial charge in [-0.15, -0.1) is 0 Å². The summed E-state index contributed by atoms with van der Waals surface area (Å²) >= 11 is 6.29. The molecule has 0 unspecified atom stereocenters. The van der Waals surface area contributed by atoms with Gasteiger partial charge in [0.05, 0.1) is 11.3 Å². The van der Waals surface area contributed by atoms with Crippen molar-refractivity contribution < 1.29 is 14.4 Å². The van der Waals surface area contributed by atoms with Gasteiger partial charge in [0.25, 0.3) is 11.8 Å². The topological polar surface area (TPSA) is 73.0 Å². The van der Waals surface area contributed by atoms with E-state index in [0.717, 1.165) is 43.3 Å². The fourth-order valence-electron chi connectivity index (χ4n) is 4.05. The first-order valence-electron chi connectivity index (χ1n) is 10.6. The summed E-state index contributed by atoms with van der Waals surface area (Å²) in [4.78, 5) is 43.0. The van der Waals surface area contributed by atoms with E-state index in [2.05, 4.69) is 22.0 Å². The molecule has 3 amide bonds. The van der Waals surface area contributed by atoms with Crippen molar-refractivity contribution in [2.45, 2.75) is 13.8 Å². The lowest BCUT2D eigenvalue weighted by Crippen LogP contribution is -2.46. The highest BCUT2D eigenvalue weighted by Crippen LogP contribution is 2.35. The number of amides is 3. The van der Waals surface area contributed by atoms with E-state index in [1.54, 1.807) is 36.4 Å². The van der Waals surface area contributed by atoms with Crippen LogP contribution in [0.5, 0.6) is 0 Å². The molecule has 166 valence electrons. The summed E-state index contributed by atoms with van der Waals surface area (Å²) in [7, 11) is 0. The highest BCUT2D eigenvalue weighted by molar-refractivity contribution is 6.60. The molecule has 4 rings (SSSR count). The lowest BCUT2D eigenvalue weighted by atomic mass is 10.1. The van der Waals surface area contributed by atoms with E-state index in [0.29, 0.717) is 16.9 Å². The van der Waals surface area contributed by atoms with Gasteiger partial charge in [-0.25, -0.2) is 4.90 Å². The normalized spacial score (nSPS) is 17.3.